The van der Waals surface area contributed by atoms with E-state index in [4.69, 9.17) is 23.4 Å². The van der Waals surface area contributed by atoms with Gasteiger partial charge in [0.05, 0.1) is 30.0 Å². The van der Waals surface area contributed by atoms with Crippen LogP contribution in [0.3, 0.4) is 0 Å². The van der Waals surface area contributed by atoms with Crippen LogP contribution >= 0.6 is 0 Å². The molecule has 3 aromatic rings. The van der Waals surface area contributed by atoms with Gasteiger partial charge >= 0.3 is 11.9 Å². The molecule has 8 heteroatoms. The summed E-state index contributed by atoms with van der Waals surface area (Å²) >= 11 is 0. The topological polar surface area (TPSA) is 80.3 Å². The van der Waals surface area contributed by atoms with Crippen molar-refractivity contribution < 1.29 is 33.0 Å². The van der Waals surface area contributed by atoms with E-state index in [2.05, 4.69) is 69.3 Å². The predicted octanol–water partition coefficient (Wildman–Crippen LogP) is 6.99. The highest BCUT2D eigenvalue weighted by molar-refractivity contribution is 6.99. The average molecular weight is 659 g/mol. The molecule has 1 aliphatic rings. The number of carbonyl (C=O) groups is 2. The first-order chi connectivity index (χ1) is 22.4. The van der Waals surface area contributed by atoms with E-state index in [0.29, 0.717) is 24.8 Å². The lowest BCUT2D eigenvalue weighted by Gasteiger charge is -2.48. The van der Waals surface area contributed by atoms with Crippen LogP contribution in [0, 0.1) is 0 Å². The van der Waals surface area contributed by atoms with Crippen molar-refractivity contribution in [3.63, 3.8) is 0 Å². The molecule has 0 aromatic heterocycles. The minimum absolute atomic E-state index is 0.167. The van der Waals surface area contributed by atoms with Gasteiger partial charge in [0.15, 0.2) is 12.4 Å². The fourth-order valence-corrected chi connectivity index (χ4v) is 10.8. The second kappa shape index (κ2) is 16.5. The molecular weight excluding hydrogens is 609 g/mol. The van der Waals surface area contributed by atoms with Crippen molar-refractivity contribution in [3.05, 3.63) is 109 Å². The normalized spacial score (nSPS) is 21.0. The van der Waals surface area contributed by atoms with Gasteiger partial charge in [-0.1, -0.05) is 106 Å². The largest absolute Gasteiger partial charge is 0.460 e. The summed E-state index contributed by atoms with van der Waals surface area (Å²) in [5.74, 6) is -0.802. The second-order valence-electron chi connectivity index (χ2n) is 13.5. The third-order valence-corrected chi connectivity index (χ3v) is 13.4. The minimum atomic E-state index is -2.91. The lowest BCUT2D eigenvalue weighted by Crippen LogP contribution is -2.69. The van der Waals surface area contributed by atoms with Crippen molar-refractivity contribution in [3.8, 4) is 0 Å². The number of carbonyl (C=O) groups excluding carboxylic acids is 2. The van der Waals surface area contributed by atoms with Crippen LogP contribution in [0.4, 0.5) is 0 Å². The van der Waals surface area contributed by atoms with Crippen LogP contribution < -0.4 is 10.4 Å². The lowest BCUT2D eigenvalue weighted by molar-refractivity contribution is -0.270. The number of esters is 2. The van der Waals surface area contributed by atoms with Crippen LogP contribution in [0.1, 0.15) is 78.1 Å². The summed E-state index contributed by atoms with van der Waals surface area (Å²) in [6, 6.07) is 29.9. The standard InChI is InChI=1S/C39H50O7Si/c1-28(2)42-36(40)26-18-17-19-29(3)43-38-35(45-37(41)31-20-11-8-12-21-31)27-34(30(4)44-38)46-47(39(5,6)7,32-22-13-9-14-23-32)33-24-15-10-16-25-33/h8-16,18,20-26,28-30,34-35,38H,17,19,27H2,1-7H3/b26-18+/t29-,30+,34-,35-,38-/m1/s1. The molecule has 0 N–H and O–H groups in total. The van der Waals surface area contributed by atoms with Crippen molar-refractivity contribution in [2.75, 3.05) is 0 Å². The molecule has 0 saturated carbocycles. The van der Waals surface area contributed by atoms with Crippen LogP contribution in [-0.4, -0.2) is 57.1 Å². The van der Waals surface area contributed by atoms with E-state index in [1.54, 1.807) is 18.2 Å². The van der Waals surface area contributed by atoms with Crippen LogP contribution in [0.15, 0.2) is 103 Å². The van der Waals surface area contributed by atoms with E-state index in [1.165, 1.54) is 16.4 Å². The van der Waals surface area contributed by atoms with Crippen LogP contribution in [-0.2, 0) is 28.2 Å². The Morgan fingerprint density at radius 3 is 1.96 bits per heavy atom. The second-order valence-corrected chi connectivity index (χ2v) is 17.7. The first-order valence-electron chi connectivity index (χ1n) is 16.6. The van der Waals surface area contributed by atoms with Gasteiger partial charge in [-0.25, -0.2) is 9.59 Å². The molecule has 0 amide bonds. The number of rotatable bonds is 13. The van der Waals surface area contributed by atoms with E-state index < -0.39 is 26.7 Å². The molecule has 4 rings (SSSR count). The molecule has 47 heavy (non-hydrogen) atoms. The molecule has 7 nitrogen and oxygen atoms in total. The fourth-order valence-electron chi connectivity index (χ4n) is 6.06. The zero-order valence-electron chi connectivity index (χ0n) is 28.8. The summed E-state index contributed by atoms with van der Waals surface area (Å²) in [6.07, 6.45) is 2.28. The Morgan fingerprint density at radius 2 is 1.43 bits per heavy atom. The molecule has 0 bridgehead atoms. The molecule has 252 valence electrons. The van der Waals surface area contributed by atoms with Gasteiger partial charge in [-0.15, -0.1) is 0 Å². The maximum atomic E-state index is 13.4. The molecule has 0 aliphatic carbocycles. The summed E-state index contributed by atoms with van der Waals surface area (Å²) in [5, 5.41) is 2.10. The SMILES string of the molecule is CC(C)OC(=O)/C=C/CC[C@@H](C)O[C@@H]1O[C@@H](C)[C@H](O[Si](c2ccccc2)(c2ccccc2)C(C)(C)C)C[C@H]1OC(=O)c1ccccc1. The first-order valence-corrected chi connectivity index (χ1v) is 18.5. The maximum absolute atomic E-state index is 13.4. The highest BCUT2D eigenvalue weighted by Crippen LogP contribution is 2.40. The Kier molecular flexibility index (Phi) is 12.7. The summed E-state index contributed by atoms with van der Waals surface area (Å²) in [7, 11) is -2.91. The molecule has 0 radical (unpaired) electrons. The summed E-state index contributed by atoms with van der Waals surface area (Å²) in [6.45, 7) is 14.3. The van der Waals surface area contributed by atoms with E-state index in [1.807, 2.05) is 58.0 Å². The van der Waals surface area contributed by atoms with Gasteiger partial charge in [-0.2, -0.15) is 0 Å². The monoisotopic (exact) mass is 658 g/mol. The quantitative estimate of drug-likeness (QED) is 0.111. The molecular formula is C39H50O7Si. The molecule has 0 unspecified atom stereocenters. The zero-order chi connectivity index (χ0) is 34.0. The molecule has 1 heterocycles. The summed E-state index contributed by atoms with van der Waals surface area (Å²) in [5.41, 5.74) is 0.459. The first kappa shape index (κ1) is 36.3. The van der Waals surface area contributed by atoms with Gasteiger partial charge < -0.3 is 23.4 Å². The van der Waals surface area contributed by atoms with Gasteiger partial charge in [0.1, 0.15) is 0 Å². The number of hydrogen-bond donors (Lipinski definition) is 0. The van der Waals surface area contributed by atoms with E-state index in [-0.39, 0.29) is 35.4 Å². The number of hydrogen-bond acceptors (Lipinski definition) is 7. The summed E-state index contributed by atoms with van der Waals surface area (Å²) < 4.78 is 31.7. The van der Waals surface area contributed by atoms with Gasteiger partial charge in [-0.05, 0) is 68.1 Å². The molecule has 0 spiro atoms. The minimum Gasteiger partial charge on any atom is -0.460 e. The number of ether oxygens (including phenoxy) is 4. The highest BCUT2D eigenvalue weighted by atomic mass is 28.4. The Labute approximate surface area is 281 Å². The van der Waals surface area contributed by atoms with Gasteiger partial charge in [0.2, 0.25) is 0 Å². The van der Waals surface area contributed by atoms with Crippen LogP contribution in [0.25, 0.3) is 0 Å². The maximum Gasteiger partial charge on any atom is 0.338 e. The van der Waals surface area contributed by atoms with Crippen molar-refractivity contribution in [1.29, 1.82) is 0 Å². The lowest BCUT2D eigenvalue weighted by atomic mass is 10.0. The Morgan fingerprint density at radius 1 is 0.872 bits per heavy atom. The Bertz CT molecular complexity index is 1400. The molecule has 1 fully saturated rings. The summed E-state index contributed by atoms with van der Waals surface area (Å²) in [4.78, 5) is 25.2. The molecule has 5 atom stereocenters. The molecule has 1 saturated heterocycles. The van der Waals surface area contributed by atoms with Crippen molar-refractivity contribution >= 4 is 30.6 Å². The average Bonchev–Trinajstić information content (AvgIpc) is 3.04. The fraction of sp³-hybridized carbons (Fsp3) is 0.436. The van der Waals surface area contributed by atoms with E-state index in [0.717, 1.165) is 0 Å². The van der Waals surface area contributed by atoms with Gasteiger partial charge in [0, 0.05) is 12.5 Å². The Balaban J connectivity index is 1.59. The molecule has 1 aliphatic heterocycles. The van der Waals surface area contributed by atoms with E-state index in [9.17, 15) is 9.59 Å². The zero-order valence-corrected chi connectivity index (χ0v) is 29.8. The van der Waals surface area contributed by atoms with E-state index >= 15 is 0 Å². The number of allylic oxidation sites excluding steroid dienone is 1. The molecule has 3 aromatic carbocycles. The third-order valence-electron chi connectivity index (χ3n) is 8.37. The van der Waals surface area contributed by atoms with Crippen LogP contribution in [0.5, 0.6) is 0 Å². The van der Waals surface area contributed by atoms with Crippen molar-refractivity contribution in [1.82, 2.24) is 0 Å². The van der Waals surface area contributed by atoms with Crippen LogP contribution in [0.2, 0.25) is 5.04 Å². The highest BCUT2D eigenvalue weighted by Gasteiger charge is 2.53. The van der Waals surface area contributed by atoms with Gasteiger partial charge in [0.25, 0.3) is 8.32 Å². The Hall–Kier alpha value is -3.56. The smallest absolute Gasteiger partial charge is 0.338 e. The predicted molar refractivity (Wildman–Crippen MR) is 187 cm³/mol. The van der Waals surface area contributed by atoms with Crippen molar-refractivity contribution in [2.45, 2.75) is 110 Å². The van der Waals surface area contributed by atoms with Gasteiger partial charge in [-0.3, -0.25) is 0 Å². The number of benzene rings is 3. The third kappa shape index (κ3) is 9.51. The van der Waals surface area contributed by atoms with Crippen molar-refractivity contribution in [2.24, 2.45) is 0 Å².